The highest BCUT2D eigenvalue weighted by Crippen LogP contribution is 2.34. The fraction of sp³-hybridized carbons (Fsp3) is 0.250. The van der Waals surface area contributed by atoms with Crippen molar-refractivity contribution >= 4 is 31.4 Å². The van der Waals surface area contributed by atoms with E-state index in [1.165, 1.54) is 0 Å². The van der Waals surface area contributed by atoms with Gasteiger partial charge in [-0.1, -0.05) is 0 Å². The molecule has 7 nitrogen and oxygen atoms in total. The first-order valence-electron chi connectivity index (χ1n) is 4.55. The molecule has 2 rings (SSSR count). The molecule has 10 heteroatoms. The van der Waals surface area contributed by atoms with E-state index in [9.17, 15) is 21.4 Å². The molecule has 0 spiro atoms. The van der Waals surface area contributed by atoms with Crippen LogP contribution in [0.15, 0.2) is 21.9 Å². The molecule has 0 bridgehead atoms. The van der Waals surface area contributed by atoms with Crippen molar-refractivity contribution in [2.75, 3.05) is 0 Å². The predicted molar refractivity (Wildman–Crippen MR) is 61.6 cm³/mol. The number of hydrogen-bond donors (Lipinski definition) is 2. The largest absolute Gasteiger partial charge is 0.616 e. The van der Waals surface area contributed by atoms with Crippen LogP contribution in [0.3, 0.4) is 0 Å². The zero-order chi connectivity index (χ0) is 13.7. The molecule has 1 aromatic rings. The standard InChI is InChI=1S/C8H8O7S3/c9-16-3-5-6(4-16)8(18(13,14)15)2-1-7(5)17(10,11)12/h1-2H,3-4H2,(H,10,11,12)(H,13,14,15). The van der Waals surface area contributed by atoms with Gasteiger partial charge in [-0.15, -0.1) is 0 Å². The van der Waals surface area contributed by atoms with Crippen molar-refractivity contribution in [3.8, 4) is 0 Å². The molecule has 0 amide bonds. The molecule has 1 aromatic carbocycles. The summed E-state index contributed by atoms with van der Waals surface area (Å²) >= 11 is -1.46. The van der Waals surface area contributed by atoms with Crippen LogP contribution in [0.5, 0.6) is 0 Å². The van der Waals surface area contributed by atoms with E-state index in [0.717, 1.165) is 12.1 Å². The minimum Gasteiger partial charge on any atom is -0.616 e. The topological polar surface area (TPSA) is 132 Å². The van der Waals surface area contributed by atoms with Gasteiger partial charge < -0.3 is 4.55 Å². The lowest BCUT2D eigenvalue weighted by Crippen LogP contribution is -2.08. The Hall–Kier alpha value is -0.650. The second kappa shape index (κ2) is 4.18. The normalized spacial score (nSPS) is 16.8. The van der Waals surface area contributed by atoms with E-state index in [1.54, 1.807) is 0 Å². The van der Waals surface area contributed by atoms with Crippen LogP contribution in [0.1, 0.15) is 11.1 Å². The van der Waals surface area contributed by atoms with Gasteiger partial charge in [-0.05, 0) is 23.3 Å². The van der Waals surface area contributed by atoms with Crippen molar-refractivity contribution in [2.45, 2.75) is 21.3 Å². The molecule has 0 aliphatic carbocycles. The second-order valence-corrected chi connectivity index (χ2v) is 7.93. The van der Waals surface area contributed by atoms with Gasteiger partial charge in [0.15, 0.2) is 0 Å². The average molecular weight is 312 g/mol. The minimum atomic E-state index is -4.52. The lowest BCUT2D eigenvalue weighted by Gasteiger charge is -2.06. The molecular formula is C8H8O7S3. The Kier molecular flexibility index (Phi) is 3.20. The van der Waals surface area contributed by atoms with E-state index in [0.29, 0.717) is 0 Å². The molecule has 0 radical (unpaired) electrons. The highest BCUT2D eigenvalue weighted by atomic mass is 32.2. The monoisotopic (exact) mass is 312 g/mol. The van der Waals surface area contributed by atoms with Crippen molar-refractivity contribution in [2.24, 2.45) is 0 Å². The van der Waals surface area contributed by atoms with Gasteiger partial charge in [0.05, 0.1) is 0 Å². The van der Waals surface area contributed by atoms with Crippen LogP contribution in [0.2, 0.25) is 0 Å². The molecule has 0 aromatic heterocycles. The van der Waals surface area contributed by atoms with Crippen molar-refractivity contribution in [3.63, 3.8) is 0 Å². The summed E-state index contributed by atoms with van der Waals surface area (Å²) in [6.07, 6.45) is 0. The Morgan fingerprint density at radius 1 is 0.944 bits per heavy atom. The number of rotatable bonds is 2. The summed E-state index contributed by atoms with van der Waals surface area (Å²) < 4.78 is 73.8. The van der Waals surface area contributed by atoms with Gasteiger partial charge >= 0.3 is 0 Å². The third-order valence-corrected chi connectivity index (χ3v) is 5.61. The number of fused-ring (bicyclic) bond motifs is 1. The van der Waals surface area contributed by atoms with Gasteiger partial charge in [-0.2, -0.15) is 16.8 Å². The Balaban J connectivity index is 2.79. The van der Waals surface area contributed by atoms with Crippen LogP contribution >= 0.6 is 0 Å². The molecule has 0 unspecified atom stereocenters. The van der Waals surface area contributed by atoms with Crippen molar-refractivity contribution in [1.82, 2.24) is 0 Å². The first-order valence-corrected chi connectivity index (χ1v) is 8.92. The maximum Gasteiger partial charge on any atom is 0.294 e. The van der Waals surface area contributed by atoms with E-state index in [2.05, 4.69) is 0 Å². The van der Waals surface area contributed by atoms with Gasteiger partial charge in [-0.25, -0.2) is 0 Å². The van der Waals surface area contributed by atoms with Gasteiger partial charge in [0, 0.05) is 11.1 Å². The first-order chi connectivity index (χ1) is 8.10. The van der Waals surface area contributed by atoms with Gasteiger partial charge in [0.25, 0.3) is 20.2 Å². The van der Waals surface area contributed by atoms with Gasteiger partial charge in [0.1, 0.15) is 21.3 Å². The maximum absolute atomic E-state index is 11.4. The molecule has 0 fully saturated rings. The Bertz CT molecular complexity index is 643. The summed E-state index contributed by atoms with van der Waals surface area (Å²) in [5, 5.41) is 0. The fourth-order valence-electron chi connectivity index (χ4n) is 1.82. The molecule has 18 heavy (non-hydrogen) atoms. The fourth-order valence-corrected chi connectivity index (χ4v) is 4.90. The zero-order valence-corrected chi connectivity index (χ0v) is 11.2. The average Bonchev–Trinajstić information content (AvgIpc) is 2.53. The van der Waals surface area contributed by atoms with E-state index >= 15 is 0 Å². The molecule has 100 valence electrons. The molecule has 1 heterocycles. The Morgan fingerprint density at radius 3 is 1.56 bits per heavy atom. The predicted octanol–water partition coefficient (Wildman–Crippen LogP) is -0.0577. The van der Waals surface area contributed by atoms with Crippen LogP contribution in [0.4, 0.5) is 0 Å². The summed E-state index contributed by atoms with van der Waals surface area (Å²) in [6, 6.07) is 1.75. The van der Waals surface area contributed by atoms with E-state index in [1.807, 2.05) is 0 Å². The van der Waals surface area contributed by atoms with E-state index in [-0.39, 0.29) is 22.6 Å². The van der Waals surface area contributed by atoms with Crippen LogP contribution in [-0.2, 0) is 42.9 Å². The summed E-state index contributed by atoms with van der Waals surface area (Å²) in [5.74, 6) is -0.346. The van der Waals surface area contributed by atoms with E-state index < -0.39 is 41.2 Å². The van der Waals surface area contributed by atoms with Crippen LogP contribution < -0.4 is 0 Å². The molecule has 1 aliphatic heterocycles. The zero-order valence-electron chi connectivity index (χ0n) is 8.73. The van der Waals surface area contributed by atoms with Gasteiger partial charge in [-0.3, -0.25) is 9.11 Å². The SMILES string of the molecule is O=S(=O)(O)c1ccc(S(=O)(=O)O)c2c1C[S+]([O-])C2. The summed E-state index contributed by atoms with van der Waals surface area (Å²) in [4.78, 5) is -0.952. The van der Waals surface area contributed by atoms with Crippen molar-refractivity contribution < 1.29 is 30.5 Å². The summed E-state index contributed by atoms with van der Waals surface area (Å²) in [7, 11) is -9.05. The minimum absolute atomic E-state index is 0.0223. The highest BCUT2D eigenvalue weighted by molar-refractivity contribution is 7.90. The third-order valence-electron chi connectivity index (χ3n) is 2.51. The number of benzene rings is 1. The lowest BCUT2D eigenvalue weighted by atomic mass is 10.1. The Labute approximate surface area is 107 Å². The Morgan fingerprint density at radius 2 is 1.28 bits per heavy atom. The van der Waals surface area contributed by atoms with Crippen LogP contribution in [-0.4, -0.2) is 30.5 Å². The number of hydrogen-bond acceptors (Lipinski definition) is 5. The molecule has 2 N–H and O–H groups in total. The smallest absolute Gasteiger partial charge is 0.294 e. The van der Waals surface area contributed by atoms with Crippen LogP contribution in [0.25, 0.3) is 0 Å². The van der Waals surface area contributed by atoms with Crippen molar-refractivity contribution in [3.05, 3.63) is 23.3 Å². The summed E-state index contributed by atoms with van der Waals surface area (Å²) in [5.41, 5.74) is -0.0445. The van der Waals surface area contributed by atoms with Crippen LogP contribution in [0, 0.1) is 0 Å². The second-order valence-electron chi connectivity index (χ2n) is 3.70. The summed E-state index contributed by atoms with van der Waals surface area (Å²) in [6.45, 7) is 0. The van der Waals surface area contributed by atoms with Crippen molar-refractivity contribution in [1.29, 1.82) is 0 Å². The van der Waals surface area contributed by atoms with E-state index in [4.69, 9.17) is 9.11 Å². The lowest BCUT2D eigenvalue weighted by molar-refractivity contribution is 0.477. The van der Waals surface area contributed by atoms with Gasteiger partial charge in [0.2, 0.25) is 0 Å². The quantitative estimate of drug-likeness (QED) is 0.577. The molecule has 0 saturated carbocycles. The maximum atomic E-state index is 11.4. The first kappa shape index (κ1) is 13.8. The molecular weight excluding hydrogens is 304 g/mol. The molecule has 0 atom stereocenters. The third kappa shape index (κ3) is 2.39. The molecule has 1 aliphatic rings. The molecule has 0 saturated heterocycles. The highest BCUT2D eigenvalue weighted by Gasteiger charge is 2.34.